The monoisotopic (exact) mass is 359 g/mol. The molecule has 0 radical (unpaired) electrons. The summed E-state index contributed by atoms with van der Waals surface area (Å²) < 4.78 is 15.4. The van der Waals surface area contributed by atoms with Gasteiger partial charge in [-0.15, -0.1) is 0 Å². The third-order valence-corrected chi connectivity index (χ3v) is 3.99. The Hall–Kier alpha value is -1.79. The summed E-state index contributed by atoms with van der Waals surface area (Å²) in [7, 11) is 0. The van der Waals surface area contributed by atoms with Crippen LogP contribution in [-0.2, 0) is 23.8 Å². The average molecular weight is 359 g/mol. The number of nitrogens with one attached hydrogen (secondary N) is 1. The Morgan fingerprint density at radius 1 is 0.880 bits per heavy atom. The Labute approximate surface area is 150 Å². The molecular formula is C18H33NO6. The standard InChI is InChI=1S/C18H33NO6/c1-8-23-18(22)19-15(17(21)25-14(7)12(4)5)9-10-16(20)24-13(6)11(2)3/h11-15H,8-10H2,1-7H3,(H,19,22)/t13-,14-,15?/m0/s1. The summed E-state index contributed by atoms with van der Waals surface area (Å²) in [6.45, 7) is 13.2. The van der Waals surface area contributed by atoms with Crippen LogP contribution in [0.4, 0.5) is 4.79 Å². The summed E-state index contributed by atoms with van der Waals surface area (Å²) >= 11 is 0. The molecule has 0 aromatic carbocycles. The predicted octanol–water partition coefficient (Wildman–Crippen LogP) is 3.06. The first-order chi connectivity index (χ1) is 11.6. The molecule has 0 spiro atoms. The van der Waals surface area contributed by atoms with E-state index in [1.165, 1.54) is 0 Å². The number of rotatable bonds is 10. The molecule has 1 unspecified atom stereocenters. The van der Waals surface area contributed by atoms with Gasteiger partial charge in [-0.25, -0.2) is 9.59 Å². The van der Waals surface area contributed by atoms with Gasteiger partial charge >= 0.3 is 18.0 Å². The molecule has 7 nitrogen and oxygen atoms in total. The Bertz CT molecular complexity index is 435. The highest BCUT2D eigenvalue weighted by atomic mass is 16.6. The second kappa shape index (κ2) is 11.7. The lowest BCUT2D eigenvalue weighted by molar-refractivity contribution is -0.154. The lowest BCUT2D eigenvalue weighted by Gasteiger charge is -2.22. The number of amides is 1. The molecule has 146 valence electrons. The number of hydrogen-bond acceptors (Lipinski definition) is 6. The van der Waals surface area contributed by atoms with Crippen LogP contribution in [0.25, 0.3) is 0 Å². The number of ether oxygens (including phenoxy) is 3. The van der Waals surface area contributed by atoms with Crippen molar-refractivity contribution in [2.75, 3.05) is 6.61 Å². The van der Waals surface area contributed by atoms with Crippen molar-refractivity contribution in [3.63, 3.8) is 0 Å². The summed E-state index contributed by atoms with van der Waals surface area (Å²) in [5.74, 6) is -0.654. The van der Waals surface area contributed by atoms with Crippen molar-refractivity contribution in [3.05, 3.63) is 0 Å². The Morgan fingerprint density at radius 2 is 1.40 bits per heavy atom. The maximum atomic E-state index is 12.3. The van der Waals surface area contributed by atoms with Crippen LogP contribution in [0.3, 0.4) is 0 Å². The smallest absolute Gasteiger partial charge is 0.407 e. The summed E-state index contributed by atoms with van der Waals surface area (Å²) in [5.41, 5.74) is 0. The van der Waals surface area contributed by atoms with E-state index in [1.807, 2.05) is 34.6 Å². The molecule has 0 aromatic heterocycles. The fourth-order valence-corrected chi connectivity index (χ4v) is 1.63. The van der Waals surface area contributed by atoms with Crippen molar-refractivity contribution in [3.8, 4) is 0 Å². The summed E-state index contributed by atoms with van der Waals surface area (Å²) in [6.07, 6.45) is -1.14. The van der Waals surface area contributed by atoms with Crippen LogP contribution in [0.5, 0.6) is 0 Å². The molecule has 0 aromatic rings. The van der Waals surface area contributed by atoms with Crippen LogP contribution in [0, 0.1) is 11.8 Å². The second-order valence-corrected chi connectivity index (χ2v) is 6.78. The fraction of sp³-hybridized carbons (Fsp3) is 0.833. The highest BCUT2D eigenvalue weighted by molar-refractivity contribution is 5.82. The van der Waals surface area contributed by atoms with E-state index >= 15 is 0 Å². The van der Waals surface area contributed by atoms with Crippen LogP contribution < -0.4 is 5.32 Å². The van der Waals surface area contributed by atoms with Gasteiger partial charge in [0.2, 0.25) is 0 Å². The van der Waals surface area contributed by atoms with Crippen molar-refractivity contribution in [2.45, 2.75) is 79.6 Å². The molecule has 0 bridgehead atoms. The minimum atomic E-state index is -0.956. The zero-order valence-corrected chi connectivity index (χ0v) is 16.5. The van der Waals surface area contributed by atoms with Gasteiger partial charge in [0.1, 0.15) is 18.2 Å². The van der Waals surface area contributed by atoms with E-state index in [0.29, 0.717) is 0 Å². The summed E-state index contributed by atoms with van der Waals surface area (Å²) in [5, 5.41) is 2.45. The second-order valence-electron chi connectivity index (χ2n) is 6.78. The average Bonchev–Trinajstić information content (AvgIpc) is 2.50. The van der Waals surface area contributed by atoms with Crippen molar-refractivity contribution in [1.29, 1.82) is 0 Å². The molecule has 25 heavy (non-hydrogen) atoms. The van der Waals surface area contributed by atoms with Gasteiger partial charge in [-0.05, 0) is 39.0 Å². The molecule has 0 fully saturated rings. The van der Waals surface area contributed by atoms with Crippen LogP contribution in [0.2, 0.25) is 0 Å². The molecule has 0 aliphatic rings. The van der Waals surface area contributed by atoms with Crippen LogP contribution in [-0.4, -0.2) is 42.9 Å². The van der Waals surface area contributed by atoms with E-state index < -0.39 is 24.1 Å². The van der Waals surface area contributed by atoms with E-state index in [9.17, 15) is 14.4 Å². The molecule has 0 aliphatic carbocycles. The number of carbonyl (C=O) groups is 3. The Kier molecular flexibility index (Phi) is 10.9. The quantitative estimate of drug-likeness (QED) is 0.476. The summed E-state index contributed by atoms with van der Waals surface area (Å²) in [6, 6.07) is -0.956. The zero-order valence-electron chi connectivity index (χ0n) is 16.5. The number of esters is 2. The lowest BCUT2D eigenvalue weighted by atomic mass is 10.1. The molecule has 0 saturated carbocycles. The maximum absolute atomic E-state index is 12.3. The molecule has 7 heteroatoms. The normalized spacial score (nSPS) is 14.6. The van der Waals surface area contributed by atoms with Gasteiger partial charge in [0, 0.05) is 6.42 Å². The highest BCUT2D eigenvalue weighted by Crippen LogP contribution is 2.11. The molecule has 0 aliphatic heterocycles. The fourth-order valence-electron chi connectivity index (χ4n) is 1.63. The van der Waals surface area contributed by atoms with Crippen LogP contribution in [0.15, 0.2) is 0 Å². The molecule has 1 N–H and O–H groups in total. The molecule has 1 amide bonds. The first-order valence-corrected chi connectivity index (χ1v) is 8.91. The van der Waals surface area contributed by atoms with Gasteiger partial charge < -0.3 is 19.5 Å². The summed E-state index contributed by atoms with van der Waals surface area (Å²) in [4.78, 5) is 35.8. The number of alkyl carbamates (subject to hydrolysis) is 1. The van der Waals surface area contributed by atoms with Gasteiger partial charge in [0.25, 0.3) is 0 Å². The molecular weight excluding hydrogens is 326 g/mol. The maximum Gasteiger partial charge on any atom is 0.407 e. The van der Waals surface area contributed by atoms with Gasteiger partial charge in [-0.3, -0.25) is 4.79 Å². The van der Waals surface area contributed by atoms with Gasteiger partial charge in [0.15, 0.2) is 0 Å². The largest absolute Gasteiger partial charge is 0.462 e. The molecule has 0 heterocycles. The van der Waals surface area contributed by atoms with E-state index in [0.717, 1.165) is 0 Å². The first-order valence-electron chi connectivity index (χ1n) is 8.91. The van der Waals surface area contributed by atoms with Crippen LogP contribution in [0.1, 0.15) is 61.3 Å². The minimum absolute atomic E-state index is 0.000703. The third-order valence-electron chi connectivity index (χ3n) is 3.99. The molecule has 3 atom stereocenters. The van der Waals surface area contributed by atoms with E-state index in [-0.39, 0.29) is 43.5 Å². The zero-order chi connectivity index (χ0) is 19.6. The lowest BCUT2D eigenvalue weighted by Crippen LogP contribution is -2.44. The van der Waals surface area contributed by atoms with Crippen LogP contribution >= 0.6 is 0 Å². The van der Waals surface area contributed by atoms with E-state index in [4.69, 9.17) is 14.2 Å². The van der Waals surface area contributed by atoms with Gasteiger partial charge in [-0.1, -0.05) is 27.7 Å². The highest BCUT2D eigenvalue weighted by Gasteiger charge is 2.27. The van der Waals surface area contributed by atoms with Crippen molar-refractivity contribution in [2.24, 2.45) is 11.8 Å². The third kappa shape index (κ3) is 9.94. The van der Waals surface area contributed by atoms with E-state index in [1.54, 1.807) is 13.8 Å². The molecule has 0 rings (SSSR count). The topological polar surface area (TPSA) is 90.9 Å². The molecule has 0 saturated heterocycles. The van der Waals surface area contributed by atoms with E-state index in [2.05, 4.69) is 5.32 Å². The number of hydrogen-bond donors (Lipinski definition) is 1. The van der Waals surface area contributed by atoms with Gasteiger partial charge in [0.05, 0.1) is 6.61 Å². The van der Waals surface area contributed by atoms with Crippen molar-refractivity contribution in [1.82, 2.24) is 5.32 Å². The van der Waals surface area contributed by atoms with Gasteiger partial charge in [-0.2, -0.15) is 0 Å². The number of carbonyl (C=O) groups excluding carboxylic acids is 3. The Morgan fingerprint density at radius 3 is 1.88 bits per heavy atom. The minimum Gasteiger partial charge on any atom is -0.462 e. The Balaban J connectivity index is 4.75. The first kappa shape index (κ1) is 23.2. The SMILES string of the molecule is CCOC(=O)NC(CCC(=O)O[C@@H](C)C(C)C)C(=O)O[C@@H](C)C(C)C. The van der Waals surface area contributed by atoms with Crippen molar-refractivity contribution < 1.29 is 28.6 Å². The van der Waals surface area contributed by atoms with Crippen molar-refractivity contribution >= 4 is 18.0 Å². The predicted molar refractivity (Wildman–Crippen MR) is 94.0 cm³/mol.